The summed E-state index contributed by atoms with van der Waals surface area (Å²) < 4.78 is 0. The van der Waals surface area contributed by atoms with Crippen molar-refractivity contribution in [2.24, 2.45) is 0 Å². The van der Waals surface area contributed by atoms with Crippen molar-refractivity contribution in [3.05, 3.63) is 34.4 Å². The van der Waals surface area contributed by atoms with Gasteiger partial charge in [-0.05, 0) is 50.3 Å². The Balaban J connectivity index is 3.05. The fourth-order valence-electron chi connectivity index (χ4n) is 2.22. The van der Waals surface area contributed by atoms with Gasteiger partial charge in [-0.1, -0.05) is 17.7 Å². The number of carboxylic acids is 1. The molecule has 1 atom stereocenters. The lowest BCUT2D eigenvalue weighted by molar-refractivity contribution is -0.136. The third-order valence-electron chi connectivity index (χ3n) is 3.14. The monoisotopic (exact) mass is 280 g/mol. The van der Waals surface area contributed by atoms with E-state index >= 15 is 0 Å². The number of aliphatic carboxylic acids is 1. The van der Waals surface area contributed by atoms with Crippen LogP contribution in [0, 0.1) is 13.8 Å². The largest absolute Gasteiger partial charge is 0.480 e. The summed E-state index contributed by atoms with van der Waals surface area (Å²) in [5.74, 6) is -0.772. The van der Waals surface area contributed by atoms with E-state index in [1.54, 1.807) is 6.92 Å². The number of carboxylic acid groups (broad SMARTS) is 1. The van der Waals surface area contributed by atoms with Gasteiger partial charge in [0.15, 0.2) is 0 Å². The van der Waals surface area contributed by atoms with Crippen LogP contribution in [0.15, 0.2) is 12.1 Å². The Bertz CT molecular complexity index is 494. The highest BCUT2D eigenvalue weighted by molar-refractivity contribution is 7.81. The number of Topliss-reactive ketones (excluding diaryl/α,β-unsaturated/α-hetero) is 1. The van der Waals surface area contributed by atoms with Crippen LogP contribution >= 0.6 is 12.6 Å². The maximum absolute atomic E-state index is 11.1. The van der Waals surface area contributed by atoms with E-state index in [0.29, 0.717) is 19.3 Å². The standard InChI is InChI=1S/C15H20O3S/c1-9-6-10(2)13(5-4-11(3)16)12(7-9)8-14(19)15(17)18/h6-7,14,19H,4-5,8H2,1-3H3,(H,17,18). The van der Waals surface area contributed by atoms with Crippen LogP contribution in [0.3, 0.4) is 0 Å². The predicted molar refractivity (Wildman–Crippen MR) is 79.0 cm³/mol. The molecule has 0 fully saturated rings. The molecule has 1 aromatic carbocycles. The molecule has 1 rings (SSSR count). The van der Waals surface area contributed by atoms with Gasteiger partial charge < -0.3 is 9.90 Å². The van der Waals surface area contributed by atoms with Crippen LogP contribution in [0.25, 0.3) is 0 Å². The second kappa shape index (κ2) is 6.75. The number of carbonyl (C=O) groups is 2. The van der Waals surface area contributed by atoms with E-state index in [2.05, 4.69) is 18.7 Å². The van der Waals surface area contributed by atoms with Gasteiger partial charge in [0.1, 0.15) is 11.0 Å². The van der Waals surface area contributed by atoms with Crippen LogP contribution in [0.5, 0.6) is 0 Å². The number of aryl methyl sites for hydroxylation is 2. The second-order valence-corrected chi connectivity index (χ2v) is 5.60. The van der Waals surface area contributed by atoms with Crippen LogP contribution in [-0.4, -0.2) is 22.1 Å². The minimum Gasteiger partial charge on any atom is -0.480 e. The molecule has 0 aliphatic rings. The summed E-state index contributed by atoms with van der Waals surface area (Å²) in [6.07, 6.45) is 1.53. The molecule has 1 unspecified atom stereocenters. The van der Waals surface area contributed by atoms with Gasteiger partial charge in [-0.25, -0.2) is 0 Å². The first-order valence-corrected chi connectivity index (χ1v) is 6.82. The van der Waals surface area contributed by atoms with Crippen LogP contribution in [0.4, 0.5) is 0 Å². The molecule has 0 radical (unpaired) electrons. The molecule has 1 N–H and O–H groups in total. The number of hydrogen-bond acceptors (Lipinski definition) is 3. The molecule has 0 aliphatic heterocycles. The molecule has 0 spiro atoms. The van der Waals surface area contributed by atoms with Gasteiger partial charge >= 0.3 is 5.97 Å². The minimum absolute atomic E-state index is 0.145. The van der Waals surface area contributed by atoms with Crippen LogP contribution in [0.1, 0.15) is 35.6 Å². The smallest absolute Gasteiger partial charge is 0.316 e. The first kappa shape index (κ1) is 15.8. The molecule has 104 valence electrons. The molecule has 0 heterocycles. The van der Waals surface area contributed by atoms with E-state index in [-0.39, 0.29) is 5.78 Å². The van der Waals surface area contributed by atoms with E-state index in [4.69, 9.17) is 5.11 Å². The van der Waals surface area contributed by atoms with Gasteiger partial charge in [-0.15, -0.1) is 0 Å². The fourth-order valence-corrected chi connectivity index (χ4v) is 2.42. The lowest BCUT2D eigenvalue weighted by atomic mass is 9.92. The second-order valence-electron chi connectivity index (χ2n) is 4.98. The highest BCUT2D eigenvalue weighted by atomic mass is 32.1. The van der Waals surface area contributed by atoms with Crippen molar-refractivity contribution in [3.63, 3.8) is 0 Å². The Morgan fingerprint density at radius 1 is 1.32 bits per heavy atom. The molecule has 0 aromatic heterocycles. The molecule has 0 saturated carbocycles. The molecule has 0 saturated heterocycles. The van der Waals surface area contributed by atoms with Crippen molar-refractivity contribution in [1.29, 1.82) is 0 Å². The number of thiol groups is 1. The van der Waals surface area contributed by atoms with Crippen molar-refractivity contribution in [1.82, 2.24) is 0 Å². The molecule has 0 bridgehead atoms. The van der Waals surface area contributed by atoms with Gasteiger partial charge in [0, 0.05) is 6.42 Å². The zero-order valence-electron chi connectivity index (χ0n) is 11.6. The Labute approximate surface area is 119 Å². The summed E-state index contributed by atoms with van der Waals surface area (Å²) in [5.41, 5.74) is 4.29. The number of ketones is 1. The molecule has 0 amide bonds. The molecule has 0 aliphatic carbocycles. The summed E-state index contributed by atoms with van der Waals surface area (Å²) in [6.45, 7) is 5.56. The average molecular weight is 280 g/mol. The van der Waals surface area contributed by atoms with Crippen molar-refractivity contribution in [2.45, 2.75) is 45.3 Å². The first-order valence-electron chi connectivity index (χ1n) is 6.30. The summed E-state index contributed by atoms with van der Waals surface area (Å²) in [7, 11) is 0. The van der Waals surface area contributed by atoms with Gasteiger partial charge in [0.2, 0.25) is 0 Å². The molecular weight excluding hydrogens is 260 g/mol. The number of benzene rings is 1. The summed E-state index contributed by atoms with van der Waals surface area (Å²) in [6, 6.07) is 4.06. The summed E-state index contributed by atoms with van der Waals surface area (Å²) >= 11 is 4.09. The highest BCUT2D eigenvalue weighted by Gasteiger charge is 2.16. The van der Waals surface area contributed by atoms with Crippen molar-refractivity contribution in [2.75, 3.05) is 0 Å². The Kier molecular flexibility index (Phi) is 5.60. The topological polar surface area (TPSA) is 54.4 Å². The maximum atomic E-state index is 11.1. The Hall–Kier alpha value is -1.29. The van der Waals surface area contributed by atoms with Crippen LogP contribution in [0.2, 0.25) is 0 Å². The average Bonchev–Trinajstić information content (AvgIpc) is 2.26. The number of hydrogen-bond donors (Lipinski definition) is 2. The third kappa shape index (κ3) is 4.71. The predicted octanol–water partition coefficient (Wildman–Crippen LogP) is 2.75. The van der Waals surface area contributed by atoms with Crippen LogP contribution in [-0.2, 0) is 22.4 Å². The SMILES string of the molecule is CC(=O)CCc1c(C)cc(C)cc1CC(S)C(=O)O. The van der Waals surface area contributed by atoms with Crippen molar-refractivity contribution in [3.8, 4) is 0 Å². The number of rotatable bonds is 6. The van der Waals surface area contributed by atoms with E-state index in [0.717, 1.165) is 22.3 Å². The van der Waals surface area contributed by atoms with Gasteiger partial charge in [-0.2, -0.15) is 12.6 Å². The summed E-state index contributed by atoms with van der Waals surface area (Å²) in [5, 5.41) is 8.25. The first-order chi connectivity index (χ1) is 8.81. The highest BCUT2D eigenvalue weighted by Crippen LogP contribution is 2.22. The fraction of sp³-hybridized carbons (Fsp3) is 0.467. The van der Waals surface area contributed by atoms with E-state index in [1.807, 2.05) is 19.9 Å². The van der Waals surface area contributed by atoms with Gasteiger partial charge in [-0.3, -0.25) is 4.79 Å². The van der Waals surface area contributed by atoms with E-state index in [1.165, 1.54) is 0 Å². The van der Waals surface area contributed by atoms with Crippen LogP contribution < -0.4 is 0 Å². The lowest BCUT2D eigenvalue weighted by Crippen LogP contribution is -2.17. The summed E-state index contributed by atoms with van der Waals surface area (Å²) in [4.78, 5) is 22.0. The molecular formula is C15H20O3S. The zero-order chi connectivity index (χ0) is 14.6. The lowest BCUT2D eigenvalue weighted by Gasteiger charge is -2.15. The molecule has 4 heteroatoms. The zero-order valence-corrected chi connectivity index (χ0v) is 12.5. The normalized spacial score (nSPS) is 12.2. The Morgan fingerprint density at radius 3 is 2.47 bits per heavy atom. The van der Waals surface area contributed by atoms with Crippen molar-refractivity contribution >= 4 is 24.4 Å². The molecule has 1 aromatic rings. The van der Waals surface area contributed by atoms with E-state index < -0.39 is 11.2 Å². The Morgan fingerprint density at radius 2 is 1.95 bits per heavy atom. The molecule has 19 heavy (non-hydrogen) atoms. The third-order valence-corrected chi connectivity index (χ3v) is 3.54. The maximum Gasteiger partial charge on any atom is 0.316 e. The van der Waals surface area contributed by atoms with Crippen molar-refractivity contribution < 1.29 is 14.7 Å². The molecule has 3 nitrogen and oxygen atoms in total. The van der Waals surface area contributed by atoms with Gasteiger partial charge in [0.05, 0.1) is 0 Å². The van der Waals surface area contributed by atoms with Gasteiger partial charge in [0.25, 0.3) is 0 Å². The minimum atomic E-state index is -0.917. The number of carbonyl (C=O) groups excluding carboxylic acids is 1. The quantitative estimate of drug-likeness (QED) is 0.788. The van der Waals surface area contributed by atoms with E-state index in [9.17, 15) is 9.59 Å².